The Morgan fingerprint density at radius 1 is 1.03 bits per heavy atom. The highest BCUT2D eigenvalue weighted by atomic mass is 35.5. The molecule has 11 heteroatoms. The van der Waals surface area contributed by atoms with Gasteiger partial charge in [0.15, 0.2) is 0 Å². The van der Waals surface area contributed by atoms with E-state index in [-0.39, 0.29) is 34.6 Å². The van der Waals surface area contributed by atoms with Crippen molar-refractivity contribution in [3.63, 3.8) is 0 Å². The minimum absolute atomic E-state index is 0.0361. The van der Waals surface area contributed by atoms with Crippen LogP contribution in [0.2, 0.25) is 5.02 Å². The number of benzene rings is 2. The third-order valence-corrected chi connectivity index (χ3v) is 8.00. The maximum absolute atomic E-state index is 13.9. The van der Waals surface area contributed by atoms with Crippen molar-refractivity contribution in [1.29, 1.82) is 0 Å². The SMILES string of the molecule is CCOC(=O)N1CCN(C(=O)[C@@H]2Cc3cc([N+](=O)[O-])ccc3N3CCN(Cc4ccc(Cl)cc4)C[C@H]23)CC1. The van der Waals surface area contributed by atoms with E-state index in [1.165, 1.54) is 0 Å². The molecule has 0 saturated carbocycles. The summed E-state index contributed by atoms with van der Waals surface area (Å²) in [6.07, 6.45) is 0.0963. The maximum Gasteiger partial charge on any atom is 0.409 e. The third-order valence-electron chi connectivity index (χ3n) is 7.74. The fraction of sp³-hybridized carbons (Fsp3) is 0.481. The number of ether oxygens (including phenoxy) is 1. The fourth-order valence-electron chi connectivity index (χ4n) is 5.82. The Bertz CT molecular complexity index is 1200. The molecule has 0 aromatic heterocycles. The van der Waals surface area contributed by atoms with E-state index in [1.54, 1.807) is 24.0 Å². The van der Waals surface area contributed by atoms with Gasteiger partial charge >= 0.3 is 6.09 Å². The van der Waals surface area contributed by atoms with Gasteiger partial charge in [0.1, 0.15) is 0 Å². The second-order valence-corrected chi connectivity index (χ2v) is 10.5. The molecule has 0 unspecified atom stereocenters. The highest BCUT2D eigenvalue weighted by Crippen LogP contribution is 2.39. The second-order valence-electron chi connectivity index (χ2n) is 10.0. The number of fused-ring (bicyclic) bond motifs is 3. The van der Waals surface area contributed by atoms with Crippen LogP contribution in [0.25, 0.3) is 0 Å². The summed E-state index contributed by atoms with van der Waals surface area (Å²) in [5.41, 5.74) is 3.01. The lowest BCUT2D eigenvalue weighted by atomic mass is 9.82. The largest absolute Gasteiger partial charge is 0.450 e. The minimum atomic E-state index is -0.387. The molecular weight excluding hydrogens is 510 g/mol. The number of carbonyl (C=O) groups is 2. The van der Waals surface area contributed by atoms with Gasteiger partial charge in [0.25, 0.3) is 5.69 Å². The zero-order valence-corrected chi connectivity index (χ0v) is 22.2. The summed E-state index contributed by atoms with van der Waals surface area (Å²) in [7, 11) is 0. The molecule has 2 saturated heterocycles. The van der Waals surface area contributed by atoms with Crippen LogP contribution in [0.5, 0.6) is 0 Å². The highest BCUT2D eigenvalue weighted by molar-refractivity contribution is 6.30. The summed E-state index contributed by atoms with van der Waals surface area (Å²) in [4.78, 5) is 45.2. The fourth-order valence-corrected chi connectivity index (χ4v) is 5.94. The molecule has 10 nitrogen and oxygen atoms in total. The molecule has 2 aromatic carbocycles. The maximum atomic E-state index is 13.9. The Balaban J connectivity index is 1.37. The van der Waals surface area contributed by atoms with E-state index in [4.69, 9.17) is 16.3 Å². The van der Waals surface area contributed by atoms with Crippen LogP contribution in [0.1, 0.15) is 18.1 Å². The van der Waals surface area contributed by atoms with Crippen molar-refractivity contribution in [2.75, 3.05) is 57.3 Å². The van der Waals surface area contributed by atoms with Crippen LogP contribution in [0.15, 0.2) is 42.5 Å². The molecule has 2 fully saturated rings. The van der Waals surface area contributed by atoms with Gasteiger partial charge in [-0.2, -0.15) is 0 Å². The van der Waals surface area contributed by atoms with Crippen LogP contribution >= 0.6 is 11.6 Å². The first kappa shape index (κ1) is 26.2. The highest BCUT2D eigenvalue weighted by Gasteiger charge is 2.43. The number of non-ortho nitro benzene ring substituents is 1. The zero-order valence-electron chi connectivity index (χ0n) is 21.4. The van der Waals surface area contributed by atoms with Gasteiger partial charge in [-0.25, -0.2) is 4.79 Å². The number of rotatable bonds is 5. The van der Waals surface area contributed by atoms with Gasteiger partial charge in [-0.05, 0) is 42.7 Å². The van der Waals surface area contributed by atoms with E-state index < -0.39 is 0 Å². The topological polar surface area (TPSA) is 99.5 Å². The monoisotopic (exact) mass is 541 g/mol. The lowest BCUT2D eigenvalue weighted by Gasteiger charge is -2.50. The standard InChI is InChI=1S/C27H32ClN5O5/c1-2-38-27(35)31-12-10-30(11-13-31)26(34)23-16-20-15-22(33(36)37)7-8-24(20)32-14-9-29(18-25(23)32)17-19-3-5-21(28)6-4-19/h3-8,15,23,25H,2,9-14,16-18H2,1H3/t23-,25-/m1/s1. The molecule has 0 spiro atoms. The van der Waals surface area contributed by atoms with E-state index in [9.17, 15) is 19.7 Å². The second kappa shape index (κ2) is 11.2. The van der Waals surface area contributed by atoms with Gasteiger partial charge in [0.2, 0.25) is 5.91 Å². The first-order valence-corrected chi connectivity index (χ1v) is 13.4. The number of nitro groups is 1. The van der Waals surface area contributed by atoms with Crippen molar-refractivity contribution < 1.29 is 19.2 Å². The number of piperazine rings is 2. The van der Waals surface area contributed by atoms with Crippen LogP contribution < -0.4 is 4.90 Å². The normalized spacial score (nSPS) is 21.5. The molecule has 3 aliphatic heterocycles. The Labute approximate surface area is 226 Å². The number of halogens is 1. The molecule has 38 heavy (non-hydrogen) atoms. The van der Waals surface area contributed by atoms with Gasteiger partial charge in [-0.3, -0.25) is 19.8 Å². The quantitative estimate of drug-likeness (QED) is 0.422. The molecule has 2 aromatic rings. The Kier molecular flexibility index (Phi) is 7.71. The van der Waals surface area contributed by atoms with Crippen molar-refractivity contribution in [3.8, 4) is 0 Å². The number of hydrogen-bond donors (Lipinski definition) is 0. The summed E-state index contributed by atoms with van der Waals surface area (Å²) >= 11 is 6.06. The van der Waals surface area contributed by atoms with Gasteiger partial charge in [0.05, 0.1) is 23.5 Å². The number of carbonyl (C=O) groups excluding carboxylic acids is 2. The zero-order chi connectivity index (χ0) is 26.8. The van der Waals surface area contributed by atoms with Crippen molar-refractivity contribution >= 4 is 35.0 Å². The van der Waals surface area contributed by atoms with E-state index in [2.05, 4.69) is 9.80 Å². The van der Waals surface area contributed by atoms with Gasteiger partial charge in [-0.15, -0.1) is 0 Å². The summed E-state index contributed by atoms with van der Waals surface area (Å²) < 4.78 is 5.11. The van der Waals surface area contributed by atoms with E-state index in [0.29, 0.717) is 50.8 Å². The third kappa shape index (κ3) is 5.42. The van der Waals surface area contributed by atoms with Crippen LogP contribution in [-0.4, -0.2) is 90.1 Å². The molecular formula is C27H32ClN5O5. The number of amides is 2. The van der Waals surface area contributed by atoms with E-state index >= 15 is 0 Å². The van der Waals surface area contributed by atoms with Crippen LogP contribution in [0, 0.1) is 16.0 Å². The minimum Gasteiger partial charge on any atom is -0.450 e. The Morgan fingerprint density at radius 2 is 1.74 bits per heavy atom. The smallest absolute Gasteiger partial charge is 0.409 e. The van der Waals surface area contributed by atoms with Crippen molar-refractivity contribution in [2.24, 2.45) is 5.92 Å². The molecule has 3 heterocycles. The average molecular weight is 542 g/mol. The molecule has 0 N–H and O–H groups in total. The number of nitrogens with zero attached hydrogens (tertiary/aromatic N) is 5. The molecule has 2 amide bonds. The molecule has 3 aliphatic rings. The van der Waals surface area contributed by atoms with Gasteiger partial charge < -0.3 is 19.4 Å². The lowest BCUT2D eigenvalue weighted by molar-refractivity contribution is -0.384. The Hall–Kier alpha value is -3.37. The number of hydrogen-bond acceptors (Lipinski definition) is 7. The van der Waals surface area contributed by atoms with Crippen LogP contribution in [0.3, 0.4) is 0 Å². The van der Waals surface area contributed by atoms with Gasteiger partial charge in [-0.1, -0.05) is 23.7 Å². The molecule has 0 bridgehead atoms. The summed E-state index contributed by atoms with van der Waals surface area (Å²) in [6, 6.07) is 12.8. The predicted octanol–water partition coefficient (Wildman–Crippen LogP) is 3.41. The first-order valence-electron chi connectivity index (χ1n) is 13.0. The first-order chi connectivity index (χ1) is 18.3. The summed E-state index contributed by atoms with van der Waals surface area (Å²) in [5, 5.41) is 12.2. The molecule has 0 aliphatic carbocycles. The molecule has 0 radical (unpaired) electrons. The van der Waals surface area contributed by atoms with Crippen molar-refractivity contribution in [2.45, 2.75) is 25.9 Å². The van der Waals surface area contributed by atoms with Crippen molar-refractivity contribution in [3.05, 3.63) is 68.7 Å². The van der Waals surface area contributed by atoms with Crippen LogP contribution in [-0.2, 0) is 22.5 Å². The number of nitro benzene ring substituents is 1. The summed E-state index contributed by atoms with van der Waals surface area (Å²) in [6.45, 7) is 6.83. The molecule has 2 atom stereocenters. The Morgan fingerprint density at radius 3 is 2.42 bits per heavy atom. The lowest BCUT2D eigenvalue weighted by Crippen LogP contribution is -2.62. The van der Waals surface area contributed by atoms with Crippen molar-refractivity contribution in [1.82, 2.24) is 14.7 Å². The molecule has 202 valence electrons. The van der Waals surface area contributed by atoms with Crippen LogP contribution in [0.4, 0.5) is 16.2 Å². The number of anilines is 1. The molecule has 5 rings (SSSR count). The van der Waals surface area contributed by atoms with E-state index in [1.807, 2.05) is 35.2 Å². The average Bonchev–Trinajstić information content (AvgIpc) is 2.93. The van der Waals surface area contributed by atoms with E-state index in [0.717, 1.165) is 36.4 Å². The van der Waals surface area contributed by atoms with Gasteiger partial charge in [0, 0.05) is 75.2 Å². The predicted molar refractivity (Wildman–Crippen MR) is 143 cm³/mol. The summed E-state index contributed by atoms with van der Waals surface area (Å²) in [5.74, 6) is -0.305.